The van der Waals surface area contributed by atoms with E-state index >= 15 is 0 Å². The molecule has 0 bridgehead atoms. The maximum Gasteiger partial charge on any atom is 0.336 e. The van der Waals surface area contributed by atoms with Gasteiger partial charge >= 0.3 is 5.97 Å². The Bertz CT molecular complexity index is 309. The first-order valence-corrected chi connectivity index (χ1v) is 3.83. The molecule has 0 atom stereocenters. The van der Waals surface area contributed by atoms with E-state index in [1.54, 1.807) is 0 Å². The van der Waals surface area contributed by atoms with Gasteiger partial charge < -0.3 is 5.11 Å². The van der Waals surface area contributed by atoms with Crippen molar-refractivity contribution in [2.75, 3.05) is 0 Å². The summed E-state index contributed by atoms with van der Waals surface area (Å²) in [6.45, 7) is 5.61. The Balaban J connectivity index is 0.00000144. The first kappa shape index (κ1) is 12.3. The Morgan fingerprint density at radius 3 is 1.85 bits per heavy atom. The third-order valence-corrected chi connectivity index (χ3v) is 1.89. The molecular formula is C10H12O2Zn. The van der Waals surface area contributed by atoms with E-state index in [1.807, 2.05) is 32.9 Å². The van der Waals surface area contributed by atoms with Crippen LogP contribution in [0.4, 0.5) is 0 Å². The van der Waals surface area contributed by atoms with Crippen LogP contribution in [-0.2, 0) is 19.5 Å². The van der Waals surface area contributed by atoms with Crippen molar-refractivity contribution in [1.82, 2.24) is 0 Å². The zero-order valence-corrected chi connectivity index (χ0v) is 11.2. The molecule has 1 aromatic carbocycles. The second-order valence-corrected chi connectivity index (χ2v) is 3.08. The molecule has 0 heterocycles. The van der Waals surface area contributed by atoms with E-state index in [2.05, 4.69) is 0 Å². The Kier molecular flexibility index (Phi) is 4.28. The maximum atomic E-state index is 10.8. The Morgan fingerprint density at radius 1 is 1.15 bits per heavy atom. The van der Waals surface area contributed by atoms with Crippen LogP contribution in [0.5, 0.6) is 0 Å². The number of hydrogen-bond acceptors (Lipinski definition) is 1. The van der Waals surface area contributed by atoms with E-state index in [4.69, 9.17) is 5.11 Å². The van der Waals surface area contributed by atoms with Crippen LogP contribution in [0.15, 0.2) is 12.1 Å². The summed E-state index contributed by atoms with van der Waals surface area (Å²) in [5.74, 6) is -0.843. The van der Waals surface area contributed by atoms with Crippen molar-refractivity contribution in [2.45, 2.75) is 20.8 Å². The normalized spacial score (nSPS) is 9.15. The van der Waals surface area contributed by atoms with Gasteiger partial charge in [0.05, 0.1) is 5.56 Å². The predicted octanol–water partition coefficient (Wildman–Crippen LogP) is 2.31. The van der Waals surface area contributed by atoms with Crippen molar-refractivity contribution < 1.29 is 29.4 Å². The molecule has 1 N–H and O–H groups in total. The Morgan fingerprint density at radius 2 is 1.54 bits per heavy atom. The molecule has 0 fully saturated rings. The first-order chi connectivity index (χ1) is 5.52. The van der Waals surface area contributed by atoms with E-state index in [9.17, 15) is 4.79 Å². The summed E-state index contributed by atoms with van der Waals surface area (Å²) in [5.41, 5.74) is 3.20. The topological polar surface area (TPSA) is 37.3 Å². The molecule has 1 rings (SSSR count). The third-order valence-electron chi connectivity index (χ3n) is 1.89. The summed E-state index contributed by atoms with van der Waals surface area (Å²) in [6.07, 6.45) is 0. The average Bonchev–Trinajstić information content (AvgIpc) is 1.82. The van der Waals surface area contributed by atoms with Crippen molar-refractivity contribution in [2.24, 2.45) is 0 Å². The molecule has 13 heavy (non-hydrogen) atoms. The van der Waals surface area contributed by atoms with Gasteiger partial charge in [-0.15, -0.1) is 0 Å². The van der Waals surface area contributed by atoms with Gasteiger partial charge in [0.15, 0.2) is 0 Å². The number of rotatable bonds is 1. The minimum Gasteiger partial charge on any atom is -0.478 e. The molecule has 1 aromatic rings. The number of benzene rings is 1. The number of aromatic carboxylic acids is 1. The van der Waals surface area contributed by atoms with E-state index in [0.29, 0.717) is 5.56 Å². The molecule has 0 aliphatic heterocycles. The molecule has 2 nitrogen and oxygen atoms in total. The van der Waals surface area contributed by atoms with Crippen molar-refractivity contribution >= 4 is 5.97 Å². The van der Waals surface area contributed by atoms with Crippen LogP contribution in [0.3, 0.4) is 0 Å². The Hall–Kier alpha value is -0.687. The van der Waals surface area contributed by atoms with Gasteiger partial charge in [0.25, 0.3) is 0 Å². The molecule has 0 saturated carbocycles. The van der Waals surface area contributed by atoms with Crippen molar-refractivity contribution in [3.05, 3.63) is 34.4 Å². The van der Waals surface area contributed by atoms with Gasteiger partial charge in [0.2, 0.25) is 0 Å². The predicted molar refractivity (Wildman–Crippen MR) is 47.6 cm³/mol. The summed E-state index contributed by atoms with van der Waals surface area (Å²) in [4.78, 5) is 10.8. The summed E-state index contributed by atoms with van der Waals surface area (Å²) < 4.78 is 0. The van der Waals surface area contributed by atoms with Crippen LogP contribution in [-0.4, -0.2) is 11.1 Å². The molecule has 66 valence electrons. The summed E-state index contributed by atoms with van der Waals surface area (Å²) in [6, 6.07) is 3.77. The van der Waals surface area contributed by atoms with Crippen LogP contribution in [0.1, 0.15) is 27.0 Å². The van der Waals surface area contributed by atoms with Crippen LogP contribution in [0, 0.1) is 20.8 Å². The number of carboxylic acid groups (broad SMARTS) is 1. The SMILES string of the molecule is Cc1cc(C)c(C(=O)O)c(C)c1.[Zn]. The second-order valence-electron chi connectivity index (χ2n) is 3.08. The molecule has 0 spiro atoms. The fraction of sp³-hybridized carbons (Fsp3) is 0.300. The van der Waals surface area contributed by atoms with Crippen LogP contribution < -0.4 is 0 Å². The zero-order valence-electron chi connectivity index (χ0n) is 8.22. The summed E-state index contributed by atoms with van der Waals surface area (Å²) in [5, 5.41) is 8.84. The van der Waals surface area contributed by atoms with Crippen LogP contribution in [0.2, 0.25) is 0 Å². The molecule has 0 aliphatic rings. The van der Waals surface area contributed by atoms with Crippen LogP contribution in [0.25, 0.3) is 0 Å². The molecule has 0 aromatic heterocycles. The number of carboxylic acids is 1. The van der Waals surface area contributed by atoms with E-state index < -0.39 is 5.97 Å². The quantitative estimate of drug-likeness (QED) is 0.751. The maximum absolute atomic E-state index is 10.8. The fourth-order valence-corrected chi connectivity index (χ4v) is 1.52. The Labute approximate surface area is 90.7 Å². The van der Waals surface area contributed by atoms with Gasteiger partial charge in [-0.1, -0.05) is 17.7 Å². The van der Waals surface area contributed by atoms with Crippen molar-refractivity contribution in [3.8, 4) is 0 Å². The van der Waals surface area contributed by atoms with E-state index in [-0.39, 0.29) is 19.5 Å². The van der Waals surface area contributed by atoms with Crippen molar-refractivity contribution in [1.29, 1.82) is 0 Å². The molecule has 3 heteroatoms. The largest absolute Gasteiger partial charge is 0.478 e. The minimum atomic E-state index is -0.843. The average molecular weight is 230 g/mol. The van der Waals surface area contributed by atoms with Gasteiger partial charge in [-0.2, -0.15) is 0 Å². The molecule has 0 radical (unpaired) electrons. The third kappa shape index (κ3) is 2.63. The first-order valence-electron chi connectivity index (χ1n) is 3.83. The molecule has 0 unspecified atom stereocenters. The van der Waals surface area contributed by atoms with Gasteiger partial charge in [-0.25, -0.2) is 4.79 Å². The fourth-order valence-electron chi connectivity index (χ4n) is 1.52. The summed E-state index contributed by atoms with van der Waals surface area (Å²) >= 11 is 0. The molecule has 0 saturated heterocycles. The van der Waals surface area contributed by atoms with E-state index in [1.165, 1.54) is 0 Å². The zero-order chi connectivity index (χ0) is 9.30. The van der Waals surface area contributed by atoms with E-state index in [0.717, 1.165) is 16.7 Å². The summed E-state index contributed by atoms with van der Waals surface area (Å²) in [7, 11) is 0. The molecule has 0 amide bonds. The molecule has 0 aliphatic carbocycles. The van der Waals surface area contributed by atoms with Crippen LogP contribution >= 0.6 is 0 Å². The second kappa shape index (κ2) is 4.52. The minimum absolute atomic E-state index is 0. The number of carbonyl (C=O) groups is 1. The standard InChI is InChI=1S/C10H12O2.Zn/c1-6-4-7(2)9(10(11)12)8(3)5-6;/h4-5H,1-3H3,(H,11,12);. The smallest absolute Gasteiger partial charge is 0.336 e. The van der Waals surface area contributed by atoms with Gasteiger partial charge in [-0.3, -0.25) is 0 Å². The number of hydrogen-bond donors (Lipinski definition) is 1. The molecular weight excluding hydrogens is 217 g/mol. The van der Waals surface area contributed by atoms with Gasteiger partial charge in [-0.05, 0) is 31.9 Å². The monoisotopic (exact) mass is 228 g/mol. The van der Waals surface area contributed by atoms with Gasteiger partial charge in [0, 0.05) is 19.5 Å². The van der Waals surface area contributed by atoms with Gasteiger partial charge in [0.1, 0.15) is 0 Å². The number of aryl methyl sites for hydroxylation is 3. The van der Waals surface area contributed by atoms with Crippen molar-refractivity contribution in [3.63, 3.8) is 0 Å².